The number of nitrogens with one attached hydrogen (secondary N) is 1. The van der Waals surface area contributed by atoms with E-state index < -0.39 is 22.0 Å². The van der Waals surface area contributed by atoms with Gasteiger partial charge in [-0.2, -0.15) is 13.2 Å². The summed E-state index contributed by atoms with van der Waals surface area (Å²) in [5.74, 6) is -1.99. The van der Waals surface area contributed by atoms with Crippen LogP contribution < -0.4 is 9.62 Å². The molecule has 0 bridgehead atoms. The molecule has 30 heavy (non-hydrogen) atoms. The van der Waals surface area contributed by atoms with Crippen LogP contribution in [0.5, 0.6) is 0 Å². The molecule has 8 nitrogen and oxygen atoms in total. The van der Waals surface area contributed by atoms with Gasteiger partial charge in [0.15, 0.2) is 5.75 Å². The van der Waals surface area contributed by atoms with Gasteiger partial charge in [-0.1, -0.05) is 11.3 Å². The van der Waals surface area contributed by atoms with E-state index in [0.29, 0.717) is 0 Å². The van der Waals surface area contributed by atoms with Crippen molar-refractivity contribution in [1.29, 1.82) is 0 Å². The SMILES string of the molecule is CC(C)N1c2cc(NS(=O)(=O)CC(F)(F)F)c(N=Nc3nncs3)cc2CCC1C. The zero-order valence-electron chi connectivity index (χ0n) is 16.5. The Bertz CT molecular complexity index is 1020. The molecule has 2 heterocycles. The van der Waals surface area contributed by atoms with Crippen LogP contribution in [0.15, 0.2) is 27.9 Å². The minimum atomic E-state index is -4.87. The lowest BCUT2D eigenvalue weighted by Gasteiger charge is -2.40. The van der Waals surface area contributed by atoms with E-state index in [-0.39, 0.29) is 28.6 Å². The van der Waals surface area contributed by atoms with Gasteiger partial charge in [-0.3, -0.25) is 4.72 Å². The van der Waals surface area contributed by atoms with Crippen LogP contribution in [0.3, 0.4) is 0 Å². The molecule has 13 heteroatoms. The number of anilines is 2. The first-order valence-electron chi connectivity index (χ1n) is 9.15. The van der Waals surface area contributed by atoms with Gasteiger partial charge in [0.05, 0.1) is 5.69 Å². The van der Waals surface area contributed by atoms with E-state index >= 15 is 0 Å². The monoisotopic (exact) mass is 462 g/mol. The first-order chi connectivity index (χ1) is 14.0. The predicted octanol–water partition coefficient (Wildman–Crippen LogP) is 4.81. The minimum absolute atomic E-state index is 0.0639. The van der Waals surface area contributed by atoms with E-state index in [1.807, 2.05) is 18.6 Å². The van der Waals surface area contributed by atoms with E-state index in [0.717, 1.165) is 35.4 Å². The van der Waals surface area contributed by atoms with E-state index in [4.69, 9.17) is 0 Å². The summed E-state index contributed by atoms with van der Waals surface area (Å²) in [7, 11) is -4.69. The fourth-order valence-electron chi connectivity index (χ4n) is 3.48. The summed E-state index contributed by atoms with van der Waals surface area (Å²) < 4.78 is 64.4. The molecule has 0 spiro atoms. The van der Waals surface area contributed by atoms with Gasteiger partial charge in [0.2, 0.25) is 10.0 Å². The summed E-state index contributed by atoms with van der Waals surface area (Å²) in [4.78, 5) is 2.12. The predicted molar refractivity (Wildman–Crippen MR) is 109 cm³/mol. The molecular formula is C17H21F3N6O2S2. The maximum Gasteiger partial charge on any atom is 0.404 e. The van der Waals surface area contributed by atoms with Crippen molar-refractivity contribution in [2.45, 2.75) is 51.9 Å². The number of benzene rings is 1. The van der Waals surface area contributed by atoms with E-state index in [2.05, 4.69) is 32.2 Å². The molecule has 0 amide bonds. The zero-order chi connectivity index (χ0) is 22.1. The van der Waals surface area contributed by atoms with E-state index in [1.165, 1.54) is 11.6 Å². The average Bonchev–Trinajstić information content (AvgIpc) is 3.10. The summed E-state index contributed by atoms with van der Waals surface area (Å²) in [5, 5.41) is 15.6. The molecular weight excluding hydrogens is 441 g/mol. The Morgan fingerprint density at radius 3 is 2.67 bits per heavy atom. The summed E-state index contributed by atoms with van der Waals surface area (Å²) in [6, 6.07) is 3.51. The normalized spacial score (nSPS) is 17.6. The molecule has 2 aromatic rings. The Hall–Kier alpha value is -2.28. The third-order valence-corrected chi connectivity index (χ3v) is 6.36. The number of sulfonamides is 1. The van der Waals surface area contributed by atoms with Crippen molar-refractivity contribution in [2.24, 2.45) is 10.2 Å². The van der Waals surface area contributed by atoms with Crippen LogP contribution in [0.25, 0.3) is 0 Å². The molecule has 1 atom stereocenters. The van der Waals surface area contributed by atoms with Crippen LogP contribution >= 0.6 is 11.3 Å². The number of alkyl halides is 3. The third-order valence-electron chi connectivity index (χ3n) is 4.55. The van der Waals surface area contributed by atoms with Crippen LogP contribution in [-0.2, 0) is 16.4 Å². The van der Waals surface area contributed by atoms with E-state index in [1.54, 1.807) is 6.07 Å². The largest absolute Gasteiger partial charge is 0.404 e. The highest BCUT2D eigenvalue weighted by atomic mass is 32.2. The fourth-order valence-corrected chi connectivity index (χ4v) is 4.85. The van der Waals surface area contributed by atoms with Crippen molar-refractivity contribution >= 4 is 43.6 Å². The summed E-state index contributed by atoms with van der Waals surface area (Å²) in [6.07, 6.45) is -3.25. The Morgan fingerprint density at radius 1 is 1.33 bits per heavy atom. The Balaban J connectivity index is 2.07. The summed E-state index contributed by atoms with van der Waals surface area (Å²) >= 11 is 1.12. The number of rotatable bonds is 6. The highest BCUT2D eigenvalue weighted by Crippen LogP contribution is 2.40. The molecule has 1 aliphatic heterocycles. The van der Waals surface area contributed by atoms with Crippen LogP contribution in [-0.4, -0.2) is 42.6 Å². The van der Waals surface area contributed by atoms with Crippen LogP contribution in [0.1, 0.15) is 32.8 Å². The van der Waals surface area contributed by atoms with Gasteiger partial charge in [0, 0.05) is 17.8 Å². The number of halogens is 3. The maximum atomic E-state index is 12.7. The van der Waals surface area contributed by atoms with Gasteiger partial charge >= 0.3 is 6.18 Å². The topological polar surface area (TPSA) is 99.9 Å². The first-order valence-corrected chi connectivity index (χ1v) is 11.7. The standard InChI is InChI=1S/C17H21F3N6O2S2/c1-10(2)26-11(3)4-5-12-6-13(22-24-16-23-21-9-29-16)14(7-15(12)26)25-30(27,28)8-17(18,19)20/h6-7,9-11,25H,4-5,8H2,1-3H3. The Kier molecular flexibility index (Phi) is 6.32. The maximum absolute atomic E-state index is 12.7. The first kappa shape index (κ1) is 22.4. The molecule has 1 N–H and O–H groups in total. The molecule has 164 valence electrons. The molecule has 1 aromatic carbocycles. The second-order valence-electron chi connectivity index (χ2n) is 7.28. The number of hydrogen-bond acceptors (Lipinski definition) is 8. The molecule has 0 saturated heterocycles. The molecule has 0 radical (unpaired) electrons. The second kappa shape index (κ2) is 8.46. The quantitative estimate of drug-likeness (QED) is 0.621. The number of azo groups is 1. The fraction of sp³-hybridized carbons (Fsp3) is 0.529. The molecule has 0 fully saturated rings. The summed E-state index contributed by atoms with van der Waals surface area (Å²) in [5.41, 5.74) is 3.20. The number of aromatic nitrogens is 2. The number of hydrogen-bond donors (Lipinski definition) is 1. The van der Waals surface area contributed by atoms with Gasteiger partial charge in [-0.05, 0) is 51.3 Å². The van der Waals surface area contributed by atoms with Crippen molar-refractivity contribution in [3.8, 4) is 0 Å². The van der Waals surface area contributed by atoms with Gasteiger partial charge in [-0.25, -0.2) is 8.42 Å². The molecule has 0 saturated carbocycles. The minimum Gasteiger partial charge on any atom is -0.366 e. The molecule has 0 aliphatic carbocycles. The van der Waals surface area contributed by atoms with Gasteiger partial charge in [-0.15, -0.1) is 20.4 Å². The van der Waals surface area contributed by atoms with Crippen molar-refractivity contribution in [3.05, 3.63) is 23.2 Å². The van der Waals surface area contributed by atoms with Gasteiger partial charge < -0.3 is 4.90 Å². The zero-order valence-corrected chi connectivity index (χ0v) is 18.1. The van der Waals surface area contributed by atoms with Crippen LogP contribution in [0.2, 0.25) is 0 Å². The van der Waals surface area contributed by atoms with Crippen LogP contribution in [0, 0.1) is 0 Å². The van der Waals surface area contributed by atoms with Gasteiger partial charge in [0.1, 0.15) is 11.2 Å². The van der Waals surface area contributed by atoms with Gasteiger partial charge in [0.25, 0.3) is 5.13 Å². The second-order valence-corrected chi connectivity index (χ2v) is 9.82. The molecule has 1 aromatic heterocycles. The van der Waals surface area contributed by atoms with Crippen molar-refractivity contribution in [1.82, 2.24) is 10.2 Å². The summed E-state index contributed by atoms with van der Waals surface area (Å²) in [6.45, 7) is 6.06. The smallest absolute Gasteiger partial charge is 0.366 e. The lowest BCUT2D eigenvalue weighted by Crippen LogP contribution is -2.42. The number of nitrogens with zero attached hydrogens (tertiary/aromatic N) is 5. The lowest BCUT2D eigenvalue weighted by molar-refractivity contribution is -0.106. The Labute approximate surface area is 176 Å². The van der Waals surface area contributed by atoms with Crippen LogP contribution in [0.4, 0.5) is 35.4 Å². The highest BCUT2D eigenvalue weighted by molar-refractivity contribution is 7.92. The third kappa shape index (κ3) is 5.45. The number of aryl methyl sites for hydroxylation is 1. The molecule has 3 rings (SSSR count). The highest BCUT2D eigenvalue weighted by Gasteiger charge is 2.36. The average molecular weight is 463 g/mol. The van der Waals surface area contributed by atoms with Crippen molar-refractivity contribution in [3.63, 3.8) is 0 Å². The van der Waals surface area contributed by atoms with Crippen molar-refractivity contribution in [2.75, 3.05) is 15.4 Å². The Morgan fingerprint density at radius 2 is 2.07 bits per heavy atom. The lowest BCUT2D eigenvalue weighted by atomic mass is 9.94. The molecule has 1 unspecified atom stereocenters. The molecule has 1 aliphatic rings. The van der Waals surface area contributed by atoms with Crippen molar-refractivity contribution < 1.29 is 21.6 Å². The number of fused-ring (bicyclic) bond motifs is 1. The van der Waals surface area contributed by atoms with E-state index in [9.17, 15) is 21.6 Å².